The maximum absolute atomic E-state index is 3.69. The molecule has 0 saturated heterocycles. The van der Waals surface area contributed by atoms with Crippen molar-refractivity contribution < 1.29 is 0 Å². The van der Waals surface area contributed by atoms with Gasteiger partial charge in [0, 0.05) is 6.21 Å². The van der Waals surface area contributed by atoms with E-state index in [0.717, 1.165) is 5.75 Å². The van der Waals surface area contributed by atoms with E-state index in [9.17, 15) is 0 Å². The Kier molecular flexibility index (Phi) is 6.43. The number of hydrogen-bond donors (Lipinski definition) is 0. The molecule has 0 spiro atoms. The van der Waals surface area contributed by atoms with Crippen LogP contribution in [0.2, 0.25) is 0 Å². The summed E-state index contributed by atoms with van der Waals surface area (Å²) < 4.78 is 0. The monoisotopic (exact) mass is 130 g/mol. The van der Waals surface area contributed by atoms with Gasteiger partial charge in [-0.05, 0) is 12.7 Å². The fourth-order valence-electron chi connectivity index (χ4n) is 0.202. The number of hydrogen-bond acceptors (Lipinski definition) is 3. The van der Waals surface area contributed by atoms with Gasteiger partial charge in [0.1, 0.15) is 0 Å². The minimum absolute atomic E-state index is 1.06. The van der Waals surface area contributed by atoms with Crippen molar-refractivity contribution in [2.75, 3.05) is 5.75 Å². The van der Waals surface area contributed by atoms with Gasteiger partial charge in [-0.25, -0.2) is 0 Å². The van der Waals surface area contributed by atoms with Crippen molar-refractivity contribution in [1.82, 2.24) is 0 Å². The smallest absolute Gasteiger partial charge is 0.0824 e. The van der Waals surface area contributed by atoms with Crippen LogP contribution in [0, 0.1) is 0 Å². The van der Waals surface area contributed by atoms with E-state index in [-0.39, 0.29) is 0 Å². The van der Waals surface area contributed by atoms with E-state index in [1.807, 2.05) is 6.92 Å². The molecular formula is C5H10N2S. The van der Waals surface area contributed by atoms with E-state index >= 15 is 0 Å². The number of rotatable bonds is 3. The molecule has 0 saturated carbocycles. The molecule has 46 valence electrons. The molecule has 2 nitrogen and oxygen atoms in total. The van der Waals surface area contributed by atoms with E-state index in [1.165, 1.54) is 0 Å². The molecular weight excluding hydrogens is 120 g/mol. The normalized spacial score (nSPS) is 11.8. The van der Waals surface area contributed by atoms with Gasteiger partial charge in [0.15, 0.2) is 0 Å². The summed E-state index contributed by atoms with van der Waals surface area (Å²) in [5, 5.41) is 7.32. The van der Waals surface area contributed by atoms with Crippen molar-refractivity contribution in [2.24, 2.45) is 10.2 Å². The van der Waals surface area contributed by atoms with Gasteiger partial charge in [0.2, 0.25) is 0 Å². The highest BCUT2D eigenvalue weighted by Gasteiger charge is 1.68. The summed E-state index contributed by atoms with van der Waals surface area (Å²) in [6, 6.07) is 0. The SMILES string of the molecule is CC=NN=CSCC. The Labute approximate surface area is 54.1 Å². The molecule has 0 N–H and O–H groups in total. The summed E-state index contributed by atoms with van der Waals surface area (Å²) in [6.07, 6.45) is 1.66. The summed E-state index contributed by atoms with van der Waals surface area (Å²) in [7, 11) is 0. The highest BCUT2D eigenvalue weighted by Crippen LogP contribution is 1.90. The zero-order valence-corrected chi connectivity index (χ0v) is 5.98. The standard InChI is InChI=1S/C5H10N2S/c1-3-6-7-5-8-4-2/h3,5H,4H2,1-2H3. The minimum atomic E-state index is 1.06. The lowest BCUT2D eigenvalue weighted by molar-refractivity contribution is 1.27. The third-order valence-corrected chi connectivity index (χ3v) is 1.05. The Bertz CT molecular complexity index is 88.4. The lowest BCUT2D eigenvalue weighted by Crippen LogP contribution is -1.64. The van der Waals surface area contributed by atoms with Crippen LogP contribution >= 0.6 is 11.8 Å². The highest BCUT2D eigenvalue weighted by molar-refractivity contribution is 8.12. The van der Waals surface area contributed by atoms with Gasteiger partial charge in [-0.2, -0.15) is 10.2 Å². The molecule has 0 aliphatic carbocycles. The zero-order valence-electron chi connectivity index (χ0n) is 5.16. The van der Waals surface area contributed by atoms with Crippen molar-refractivity contribution in [3.05, 3.63) is 0 Å². The first-order chi connectivity index (χ1) is 3.91. The van der Waals surface area contributed by atoms with Crippen LogP contribution in [0.15, 0.2) is 10.2 Å². The van der Waals surface area contributed by atoms with Gasteiger partial charge in [0.05, 0.1) is 5.55 Å². The van der Waals surface area contributed by atoms with Gasteiger partial charge >= 0.3 is 0 Å². The topological polar surface area (TPSA) is 24.7 Å². The largest absolute Gasteiger partial charge is 0.163 e. The maximum Gasteiger partial charge on any atom is 0.0824 e. The molecule has 0 aromatic carbocycles. The zero-order chi connectivity index (χ0) is 6.24. The molecule has 0 aromatic rings. The average molecular weight is 130 g/mol. The lowest BCUT2D eigenvalue weighted by Gasteiger charge is -1.77. The minimum Gasteiger partial charge on any atom is -0.163 e. The Morgan fingerprint density at radius 2 is 2.25 bits per heavy atom. The molecule has 0 atom stereocenters. The predicted molar refractivity (Wildman–Crippen MR) is 40.8 cm³/mol. The summed E-state index contributed by atoms with van der Waals surface area (Å²) in [5.41, 5.74) is 1.74. The van der Waals surface area contributed by atoms with Gasteiger partial charge in [-0.3, -0.25) is 0 Å². The van der Waals surface area contributed by atoms with Crippen molar-refractivity contribution in [3.8, 4) is 0 Å². The Hall–Kier alpha value is -0.310. The predicted octanol–water partition coefficient (Wildman–Crippen LogP) is 1.77. The number of nitrogens with zero attached hydrogens (tertiary/aromatic N) is 2. The molecule has 0 rings (SSSR count). The second-order valence-electron chi connectivity index (χ2n) is 1.05. The van der Waals surface area contributed by atoms with E-state index in [4.69, 9.17) is 0 Å². The van der Waals surface area contributed by atoms with Crippen molar-refractivity contribution in [3.63, 3.8) is 0 Å². The van der Waals surface area contributed by atoms with Crippen LogP contribution in [0.5, 0.6) is 0 Å². The first-order valence-electron chi connectivity index (χ1n) is 2.53. The summed E-state index contributed by atoms with van der Waals surface area (Å²) in [4.78, 5) is 0. The first-order valence-corrected chi connectivity index (χ1v) is 3.57. The summed E-state index contributed by atoms with van der Waals surface area (Å²) in [6.45, 7) is 3.92. The van der Waals surface area contributed by atoms with Crippen LogP contribution in [0.25, 0.3) is 0 Å². The molecule has 0 fully saturated rings. The van der Waals surface area contributed by atoms with Gasteiger partial charge in [-0.1, -0.05) is 6.92 Å². The average Bonchev–Trinajstić information content (AvgIpc) is 1.81. The van der Waals surface area contributed by atoms with E-state index in [0.29, 0.717) is 0 Å². The second-order valence-corrected chi connectivity index (χ2v) is 2.17. The van der Waals surface area contributed by atoms with Crippen LogP contribution in [0.4, 0.5) is 0 Å². The molecule has 8 heavy (non-hydrogen) atoms. The summed E-state index contributed by atoms with van der Waals surface area (Å²) >= 11 is 1.64. The molecule has 0 unspecified atom stereocenters. The molecule has 0 heterocycles. The third kappa shape index (κ3) is 5.69. The molecule has 0 aliphatic rings. The highest BCUT2D eigenvalue weighted by atomic mass is 32.2. The molecule has 0 amide bonds. The molecule has 0 bridgehead atoms. The Balaban J connectivity index is 3.07. The molecule has 0 aliphatic heterocycles. The molecule has 0 aromatic heterocycles. The first kappa shape index (κ1) is 7.69. The fraction of sp³-hybridized carbons (Fsp3) is 0.600. The van der Waals surface area contributed by atoms with Gasteiger partial charge in [-0.15, -0.1) is 11.8 Å². The Morgan fingerprint density at radius 3 is 2.75 bits per heavy atom. The van der Waals surface area contributed by atoms with E-state index in [1.54, 1.807) is 23.5 Å². The quantitative estimate of drug-likeness (QED) is 0.324. The van der Waals surface area contributed by atoms with Crippen molar-refractivity contribution in [1.29, 1.82) is 0 Å². The summed E-state index contributed by atoms with van der Waals surface area (Å²) in [5.74, 6) is 1.06. The van der Waals surface area contributed by atoms with Crippen LogP contribution < -0.4 is 0 Å². The lowest BCUT2D eigenvalue weighted by atomic mass is 10.9. The third-order valence-electron chi connectivity index (χ3n) is 0.470. The van der Waals surface area contributed by atoms with E-state index in [2.05, 4.69) is 17.1 Å². The van der Waals surface area contributed by atoms with Crippen molar-refractivity contribution in [2.45, 2.75) is 13.8 Å². The maximum atomic E-state index is 3.69. The molecule has 3 heteroatoms. The second kappa shape index (κ2) is 6.69. The van der Waals surface area contributed by atoms with Gasteiger partial charge < -0.3 is 0 Å². The van der Waals surface area contributed by atoms with E-state index < -0.39 is 0 Å². The fourth-order valence-corrected chi connectivity index (χ4v) is 0.472. The van der Waals surface area contributed by atoms with Crippen LogP contribution in [0.3, 0.4) is 0 Å². The van der Waals surface area contributed by atoms with Crippen LogP contribution in [-0.2, 0) is 0 Å². The van der Waals surface area contributed by atoms with Gasteiger partial charge in [0.25, 0.3) is 0 Å². The van der Waals surface area contributed by atoms with Crippen molar-refractivity contribution >= 4 is 23.5 Å². The molecule has 0 radical (unpaired) electrons. The van der Waals surface area contributed by atoms with Crippen LogP contribution in [-0.4, -0.2) is 17.5 Å². The Morgan fingerprint density at radius 1 is 1.50 bits per heavy atom. The number of thioether (sulfide) groups is 1. The van der Waals surface area contributed by atoms with Crippen LogP contribution in [0.1, 0.15) is 13.8 Å².